The molecule has 2 aliphatic rings. The number of aliphatic carboxylic acids is 1. The van der Waals surface area contributed by atoms with E-state index in [0.717, 1.165) is 36.1 Å². The van der Waals surface area contributed by atoms with Gasteiger partial charge in [0.15, 0.2) is 0 Å². The molecule has 2 saturated carbocycles. The molecule has 1 amide bonds. The summed E-state index contributed by atoms with van der Waals surface area (Å²) in [6, 6.07) is 6.01. The Kier molecular flexibility index (Phi) is 4.17. The minimum atomic E-state index is -0.814. The molecular formula is C19H25NO3. The van der Waals surface area contributed by atoms with Crippen LogP contribution in [0, 0.1) is 30.6 Å². The molecule has 1 aromatic rings. The van der Waals surface area contributed by atoms with Crippen LogP contribution in [0.15, 0.2) is 18.2 Å². The maximum absolute atomic E-state index is 12.9. The quantitative estimate of drug-likeness (QED) is 0.888. The summed E-state index contributed by atoms with van der Waals surface area (Å²) in [5, 5.41) is 12.6. The number of aryl methyl sites for hydroxylation is 1. The molecule has 4 heteroatoms. The van der Waals surface area contributed by atoms with E-state index in [1.807, 2.05) is 25.1 Å². The van der Waals surface area contributed by atoms with Crippen LogP contribution in [0.25, 0.3) is 0 Å². The first-order valence-electron chi connectivity index (χ1n) is 8.53. The van der Waals surface area contributed by atoms with E-state index in [9.17, 15) is 14.7 Å². The van der Waals surface area contributed by atoms with Gasteiger partial charge in [-0.3, -0.25) is 9.59 Å². The Hall–Kier alpha value is -1.84. The van der Waals surface area contributed by atoms with E-state index >= 15 is 0 Å². The number of anilines is 1. The molecule has 4 atom stereocenters. The molecule has 4 nitrogen and oxygen atoms in total. The number of hydrogen-bond donors (Lipinski definition) is 2. The van der Waals surface area contributed by atoms with Gasteiger partial charge in [0, 0.05) is 5.69 Å². The Labute approximate surface area is 137 Å². The number of carboxylic acid groups (broad SMARTS) is 1. The van der Waals surface area contributed by atoms with Gasteiger partial charge >= 0.3 is 5.97 Å². The highest BCUT2D eigenvalue weighted by molar-refractivity contribution is 5.97. The summed E-state index contributed by atoms with van der Waals surface area (Å²) in [7, 11) is 0. The Morgan fingerprint density at radius 3 is 2.43 bits per heavy atom. The summed E-state index contributed by atoms with van der Waals surface area (Å²) in [5.74, 6) is -1.11. The number of fused-ring (bicyclic) bond motifs is 2. The predicted octanol–water partition coefficient (Wildman–Crippen LogP) is 3.80. The number of para-hydroxylation sites is 1. The maximum atomic E-state index is 12.9. The molecule has 0 unspecified atom stereocenters. The van der Waals surface area contributed by atoms with Crippen LogP contribution < -0.4 is 5.32 Å². The normalized spacial score (nSPS) is 29.0. The van der Waals surface area contributed by atoms with Crippen LogP contribution in [-0.4, -0.2) is 17.0 Å². The topological polar surface area (TPSA) is 66.4 Å². The Morgan fingerprint density at radius 2 is 1.83 bits per heavy atom. The van der Waals surface area contributed by atoms with Crippen molar-refractivity contribution in [2.24, 2.45) is 23.7 Å². The minimum absolute atomic E-state index is 0.110. The summed E-state index contributed by atoms with van der Waals surface area (Å²) in [4.78, 5) is 24.5. The van der Waals surface area contributed by atoms with E-state index in [1.54, 1.807) is 0 Å². The van der Waals surface area contributed by atoms with E-state index in [0.29, 0.717) is 5.92 Å². The third-order valence-electron chi connectivity index (χ3n) is 5.68. The molecule has 2 fully saturated rings. The van der Waals surface area contributed by atoms with Crippen molar-refractivity contribution in [3.8, 4) is 0 Å². The van der Waals surface area contributed by atoms with Gasteiger partial charge in [0.2, 0.25) is 5.91 Å². The molecule has 124 valence electrons. The molecule has 23 heavy (non-hydrogen) atoms. The first-order valence-corrected chi connectivity index (χ1v) is 8.53. The van der Waals surface area contributed by atoms with Crippen molar-refractivity contribution in [1.29, 1.82) is 0 Å². The zero-order chi connectivity index (χ0) is 16.7. The fourth-order valence-electron chi connectivity index (χ4n) is 4.57. The van der Waals surface area contributed by atoms with Gasteiger partial charge in [0.25, 0.3) is 0 Å². The average molecular weight is 315 g/mol. The number of amides is 1. The maximum Gasteiger partial charge on any atom is 0.307 e. The van der Waals surface area contributed by atoms with Crippen LogP contribution in [-0.2, 0) is 9.59 Å². The number of carboxylic acids is 1. The van der Waals surface area contributed by atoms with Crippen LogP contribution in [0.2, 0.25) is 0 Å². The molecular weight excluding hydrogens is 290 g/mol. The SMILES string of the molecule is Cc1cccc(C(C)C)c1NC(=O)[C@@H]1[C@@H]2CC[C@@H](C2)[C@@H]1C(=O)O. The van der Waals surface area contributed by atoms with Gasteiger partial charge < -0.3 is 10.4 Å². The Bertz CT molecular complexity index is 638. The second-order valence-electron chi connectivity index (χ2n) is 7.41. The van der Waals surface area contributed by atoms with Gasteiger partial charge in [0.1, 0.15) is 0 Å². The number of benzene rings is 1. The Balaban J connectivity index is 1.87. The molecule has 0 heterocycles. The van der Waals surface area contributed by atoms with Gasteiger partial charge in [-0.2, -0.15) is 0 Å². The van der Waals surface area contributed by atoms with Crippen molar-refractivity contribution in [2.75, 3.05) is 5.32 Å². The lowest BCUT2D eigenvalue weighted by atomic mass is 9.78. The van der Waals surface area contributed by atoms with Crippen LogP contribution >= 0.6 is 0 Å². The number of nitrogens with one attached hydrogen (secondary N) is 1. The van der Waals surface area contributed by atoms with Crippen LogP contribution in [0.5, 0.6) is 0 Å². The van der Waals surface area contributed by atoms with Gasteiger partial charge in [0.05, 0.1) is 11.8 Å². The zero-order valence-electron chi connectivity index (χ0n) is 14.0. The average Bonchev–Trinajstić information content (AvgIpc) is 3.09. The largest absolute Gasteiger partial charge is 0.481 e. The molecule has 0 radical (unpaired) electrons. The first kappa shape index (κ1) is 16.0. The van der Waals surface area contributed by atoms with Gasteiger partial charge in [-0.05, 0) is 55.1 Å². The van der Waals surface area contributed by atoms with Crippen LogP contribution in [0.1, 0.15) is 50.2 Å². The first-order chi connectivity index (χ1) is 10.9. The van der Waals surface area contributed by atoms with Crippen molar-refractivity contribution < 1.29 is 14.7 Å². The lowest BCUT2D eigenvalue weighted by Crippen LogP contribution is -2.38. The van der Waals surface area contributed by atoms with E-state index in [2.05, 4.69) is 19.2 Å². The highest BCUT2D eigenvalue weighted by Gasteiger charge is 2.54. The summed E-state index contributed by atoms with van der Waals surface area (Å²) < 4.78 is 0. The van der Waals surface area contributed by atoms with Gasteiger partial charge in [-0.1, -0.05) is 32.0 Å². The molecule has 0 aromatic heterocycles. The number of carbonyl (C=O) groups is 2. The summed E-state index contributed by atoms with van der Waals surface area (Å²) in [6.45, 7) is 6.18. The molecule has 0 spiro atoms. The number of carbonyl (C=O) groups excluding carboxylic acids is 1. The van der Waals surface area contributed by atoms with Crippen molar-refractivity contribution in [3.05, 3.63) is 29.3 Å². The molecule has 2 N–H and O–H groups in total. The van der Waals surface area contributed by atoms with Crippen LogP contribution in [0.3, 0.4) is 0 Å². The molecule has 3 rings (SSSR count). The molecule has 2 aliphatic carbocycles. The highest BCUT2D eigenvalue weighted by atomic mass is 16.4. The van der Waals surface area contributed by atoms with E-state index in [1.165, 1.54) is 0 Å². The van der Waals surface area contributed by atoms with Gasteiger partial charge in [-0.15, -0.1) is 0 Å². The fraction of sp³-hybridized carbons (Fsp3) is 0.579. The molecule has 0 aliphatic heterocycles. The fourth-order valence-corrected chi connectivity index (χ4v) is 4.57. The van der Waals surface area contributed by atoms with Crippen molar-refractivity contribution in [2.45, 2.75) is 46.0 Å². The Morgan fingerprint density at radius 1 is 1.17 bits per heavy atom. The van der Waals surface area contributed by atoms with Gasteiger partial charge in [-0.25, -0.2) is 0 Å². The van der Waals surface area contributed by atoms with E-state index in [4.69, 9.17) is 0 Å². The zero-order valence-corrected chi connectivity index (χ0v) is 14.0. The molecule has 0 saturated heterocycles. The lowest BCUT2D eigenvalue weighted by molar-refractivity contribution is -0.148. The monoisotopic (exact) mass is 315 g/mol. The number of hydrogen-bond acceptors (Lipinski definition) is 2. The van der Waals surface area contributed by atoms with E-state index in [-0.39, 0.29) is 23.7 Å². The van der Waals surface area contributed by atoms with Crippen molar-refractivity contribution >= 4 is 17.6 Å². The highest BCUT2D eigenvalue weighted by Crippen LogP contribution is 2.52. The van der Waals surface area contributed by atoms with Crippen molar-refractivity contribution in [3.63, 3.8) is 0 Å². The standard InChI is InChI=1S/C19H25NO3/c1-10(2)14-6-4-5-11(3)17(14)20-18(21)15-12-7-8-13(9-12)16(15)19(22)23/h4-6,10,12-13,15-16H,7-9H2,1-3H3,(H,20,21)(H,22,23)/t12-,13+,15-,16+/m1/s1. The van der Waals surface area contributed by atoms with Crippen molar-refractivity contribution in [1.82, 2.24) is 0 Å². The molecule has 1 aromatic carbocycles. The smallest absolute Gasteiger partial charge is 0.307 e. The number of rotatable bonds is 4. The summed E-state index contributed by atoms with van der Waals surface area (Å²) in [6.07, 6.45) is 2.82. The lowest BCUT2D eigenvalue weighted by Gasteiger charge is -2.28. The van der Waals surface area contributed by atoms with Crippen LogP contribution in [0.4, 0.5) is 5.69 Å². The molecule has 2 bridgehead atoms. The second kappa shape index (κ2) is 5.99. The minimum Gasteiger partial charge on any atom is -0.481 e. The summed E-state index contributed by atoms with van der Waals surface area (Å²) in [5.41, 5.74) is 2.99. The second-order valence-corrected chi connectivity index (χ2v) is 7.41. The third kappa shape index (κ3) is 2.75. The van der Waals surface area contributed by atoms with E-state index < -0.39 is 11.9 Å². The summed E-state index contributed by atoms with van der Waals surface area (Å²) >= 11 is 0. The third-order valence-corrected chi connectivity index (χ3v) is 5.68. The predicted molar refractivity (Wildman–Crippen MR) is 89.3 cm³/mol.